The van der Waals surface area contributed by atoms with Gasteiger partial charge in [0.25, 0.3) is 0 Å². The van der Waals surface area contributed by atoms with Crippen LogP contribution in [0.25, 0.3) is 56.4 Å². The van der Waals surface area contributed by atoms with Crippen LogP contribution in [0.2, 0.25) is 0 Å². The van der Waals surface area contributed by atoms with E-state index >= 15 is 0 Å². The maximum atomic E-state index is 6.84. The molecule has 0 fully saturated rings. The Balaban J connectivity index is 1.11. The molecule has 5 nitrogen and oxygen atoms in total. The highest BCUT2D eigenvalue weighted by molar-refractivity contribution is 5.79. The molecule has 2 aliphatic rings. The van der Waals surface area contributed by atoms with Crippen LogP contribution in [0.15, 0.2) is 200 Å². The molecular formula is C52H33N3O2. The molecule has 9 aromatic rings. The van der Waals surface area contributed by atoms with E-state index in [1.165, 1.54) is 0 Å². The quantitative estimate of drug-likeness (QED) is 0.176. The van der Waals surface area contributed by atoms with Crippen LogP contribution in [0.5, 0.6) is 23.0 Å². The van der Waals surface area contributed by atoms with Crippen LogP contribution in [0.1, 0.15) is 22.3 Å². The topological polar surface area (TPSA) is 57.1 Å². The van der Waals surface area contributed by atoms with Gasteiger partial charge in [0.15, 0.2) is 17.5 Å². The van der Waals surface area contributed by atoms with E-state index in [0.29, 0.717) is 17.5 Å². The molecule has 0 saturated carbocycles. The summed E-state index contributed by atoms with van der Waals surface area (Å²) in [7, 11) is 0. The van der Waals surface area contributed by atoms with Crippen molar-refractivity contribution in [2.75, 3.05) is 0 Å². The van der Waals surface area contributed by atoms with Gasteiger partial charge in [-0.05, 0) is 58.7 Å². The van der Waals surface area contributed by atoms with E-state index in [1.807, 2.05) is 48.5 Å². The lowest BCUT2D eigenvalue weighted by Crippen LogP contribution is -2.36. The molecule has 1 aromatic heterocycles. The fourth-order valence-electron chi connectivity index (χ4n) is 8.46. The number of nitrogens with zero attached hydrogens (tertiary/aromatic N) is 3. The zero-order chi connectivity index (χ0) is 37.8. The zero-order valence-corrected chi connectivity index (χ0v) is 30.7. The molecular weight excluding hydrogens is 699 g/mol. The lowest BCUT2D eigenvalue weighted by Gasteiger charge is -2.44. The lowest BCUT2D eigenvalue weighted by molar-refractivity contribution is 0.399. The van der Waals surface area contributed by atoms with E-state index in [0.717, 1.165) is 84.2 Å². The molecule has 0 aliphatic carbocycles. The van der Waals surface area contributed by atoms with Crippen molar-refractivity contribution in [3.05, 3.63) is 222 Å². The minimum absolute atomic E-state index is 0.553. The molecule has 5 heteroatoms. The van der Waals surface area contributed by atoms with Gasteiger partial charge in [0, 0.05) is 38.9 Å². The Bertz CT molecular complexity index is 2810. The summed E-state index contributed by atoms with van der Waals surface area (Å²) in [6.45, 7) is 0. The molecule has 57 heavy (non-hydrogen) atoms. The molecule has 0 N–H and O–H groups in total. The summed E-state index contributed by atoms with van der Waals surface area (Å²) < 4.78 is 13.4. The average Bonchev–Trinajstić information content (AvgIpc) is 3.29. The minimum Gasteiger partial charge on any atom is -0.457 e. The van der Waals surface area contributed by atoms with Gasteiger partial charge in [-0.15, -0.1) is 0 Å². The Labute approximate surface area is 330 Å². The molecule has 0 unspecified atom stereocenters. The van der Waals surface area contributed by atoms with E-state index in [4.69, 9.17) is 24.4 Å². The fourth-order valence-corrected chi connectivity index (χ4v) is 8.46. The number of aromatic nitrogens is 3. The summed E-state index contributed by atoms with van der Waals surface area (Å²) >= 11 is 0. The minimum atomic E-state index is -0.681. The van der Waals surface area contributed by atoms with E-state index in [1.54, 1.807) is 0 Å². The smallest absolute Gasteiger partial charge is 0.164 e. The molecule has 3 heterocycles. The van der Waals surface area contributed by atoms with Gasteiger partial charge in [-0.2, -0.15) is 0 Å². The zero-order valence-electron chi connectivity index (χ0n) is 30.7. The molecule has 1 spiro atoms. The van der Waals surface area contributed by atoms with Gasteiger partial charge in [-0.25, -0.2) is 15.0 Å². The second-order valence-corrected chi connectivity index (χ2v) is 14.4. The fraction of sp³-hybridized carbons (Fsp3) is 0.0192. The lowest BCUT2D eigenvalue weighted by atomic mass is 9.62. The van der Waals surface area contributed by atoms with Gasteiger partial charge in [0.2, 0.25) is 0 Å². The predicted molar refractivity (Wildman–Crippen MR) is 225 cm³/mol. The molecule has 0 saturated heterocycles. The molecule has 11 rings (SSSR count). The highest BCUT2D eigenvalue weighted by Crippen LogP contribution is 2.61. The Morgan fingerprint density at radius 3 is 1.09 bits per heavy atom. The highest BCUT2D eigenvalue weighted by atomic mass is 16.5. The number of hydrogen-bond donors (Lipinski definition) is 0. The van der Waals surface area contributed by atoms with Gasteiger partial charge >= 0.3 is 0 Å². The van der Waals surface area contributed by atoms with Crippen molar-refractivity contribution in [1.29, 1.82) is 0 Å². The van der Waals surface area contributed by atoms with E-state index in [2.05, 4.69) is 152 Å². The number of rotatable bonds is 5. The van der Waals surface area contributed by atoms with Gasteiger partial charge < -0.3 is 9.47 Å². The van der Waals surface area contributed by atoms with Crippen molar-refractivity contribution in [2.24, 2.45) is 0 Å². The second kappa shape index (κ2) is 13.3. The van der Waals surface area contributed by atoms with Crippen molar-refractivity contribution < 1.29 is 9.47 Å². The van der Waals surface area contributed by atoms with Crippen LogP contribution < -0.4 is 9.47 Å². The van der Waals surface area contributed by atoms with Crippen LogP contribution in [0.3, 0.4) is 0 Å². The molecule has 0 bridgehead atoms. The third-order valence-corrected chi connectivity index (χ3v) is 11.0. The van der Waals surface area contributed by atoms with Crippen molar-refractivity contribution >= 4 is 0 Å². The van der Waals surface area contributed by atoms with Crippen molar-refractivity contribution in [1.82, 2.24) is 15.0 Å². The molecule has 0 amide bonds. The Morgan fingerprint density at radius 2 is 0.614 bits per heavy atom. The number of fused-ring (bicyclic) bond motifs is 8. The summed E-state index contributed by atoms with van der Waals surface area (Å²) in [6.07, 6.45) is 0. The standard InChI is InChI=1S/C52H33N3O2/c1-3-15-34(16-4-1)36-19-13-21-38(31-36)49-53-50(39-22-14-20-37(32-39)35-17-5-2-6-18-35)55-51(54-49)40-29-30-44-48(33-40)57-47-28-12-9-25-43(47)52(44)41-23-7-10-26-45(41)56-46-27-11-8-24-42(46)52/h1-33H. The molecule has 2 aliphatic heterocycles. The van der Waals surface area contributed by atoms with Crippen LogP contribution >= 0.6 is 0 Å². The van der Waals surface area contributed by atoms with E-state index < -0.39 is 5.41 Å². The first kappa shape index (κ1) is 32.8. The summed E-state index contributed by atoms with van der Waals surface area (Å²) in [6, 6.07) is 68.9. The van der Waals surface area contributed by atoms with Crippen LogP contribution in [0.4, 0.5) is 0 Å². The Hall–Kier alpha value is -7.63. The van der Waals surface area contributed by atoms with E-state index in [-0.39, 0.29) is 0 Å². The van der Waals surface area contributed by atoms with Crippen molar-refractivity contribution in [2.45, 2.75) is 5.41 Å². The van der Waals surface area contributed by atoms with Crippen molar-refractivity contribution in [3.8, 4) is 79.4 Å². The SMILES string of the molecule is c1ccc(-c2cccc(-c3nc(-c4cccc(-c5ccccc5)c4)nc(-c4ccc5c(c4)Oc4ccccc4C54c5ccccc5Oc5ccccc54)n3)c2)cc1. The molecule has 0 radical (unpaired) electrons. The van der Waals surface area contributed by atoms with Gasteiger partial charge in [-0.1, -0.05) is 164 Å². The van der Waals surface area contributed by atoms with E-state index in [9.17, 15) is 0 Å². The number of para-hydroxylation sites is 3. The highest BCUT2D eigenvalue weighted by Gasteiger charge is 2.50. The molecule has 8 aromatic carbocycles. The van der Waals surface area contributed by atoms with Gasteiger partial charge in [0.05, 0.1) is 5.41 Å². The summed E-state index contributed by atoms with van der Waals surface area (Å²) in [5.41, 5.74) is 10.6. The molecule has 0 atom stereocenters. The summed E-state index contributed by atoms with van der Waals surface area (Å²) in [5.74, 6) is 4.91. The van der Waals surface area contributed by atoms with Gasteiger partial charge in [-0.3, -0.25) is 0 Å². The maximum Gasteiger partial charge on any atom is 0.164 e. The second-order valence-electron chi connectivity index (χ2n) is 14.4. The van der Waals surface area contributed by atoms with Gasteiger partial charge in [0.1, 0.15) is 23.0 Å². The first-order valence-electron chi connectivity index (χ1n) is 19.1. The summed E-state index contributed by atoms with van der Waals surface area (Å²) in [5, 5.41) is 0. The number of benzene rings is 8. The first-order chi connectivity index (χ1) is 28.2. The Kier molecular flexibility index (Phi) is 7.64. The molecule has 268 valence electrons. The van der Waals surface area contributed by atoms with Crippen molar-refractivity contribution in [3.63, 3.8) is 0 Å². The summed E-state index contributed by atoms with van der Waals surface area (Å²) in [4.78, 5) is 15.5. The van der Waals surface area contributed by atoms with Crippen LogP contribution in [0, 0.1) is 0 Å². The van der Waals surface area contributed by atoms with Crippen LogP contribution in [-0.2, 0) is 5.41 Å². The average molecular weight is 732 g/mol. The largest absolute Gasteiger partial charge is 0.457 e. The third kappa shape index (κ3) is 5.43. The monoisotopic (exact) mass is 731 g/mol. The van der Waals surface area contributed by atoms with Crippen LogP contribution in [-0.4, -0.2) is 15.0 Å². The first-order valence-corrected chi connectivity index (χ1v) is 19.1. The normalized spacial score (nSPS) is 13.0. The number of hydrogen-bond acceptors (Lipinski definition) is 5. The third-order valence-electron chi connectivity index (χ3n) is 11.0. The Morgan fingerprint density at radius 1 is 0.263 bits per heavy atom. The predicted octanol–water partition coefficient (Wildman–Crippen LogP) is 12.8. The maximum absolute atomic E-state index is 6.84. The number of ether oxygens (including phenoxy) is 2.